The molecule has 0 saturated carbocycles. The standard InChI is InChI=1S/C15H26N4O2S/c1-10(2)19-12(16-17-13(19)22)11-6-8-18(9-7-11)14(20)21-15(3,4)5/h10-11H,6-9H2,1-5H3,(H,17,22). The number of nitrogens with zero attached hydrogens (tertiary/aromatic N) is 3. The second-order valence-corrected chi connectivity index (χ2v) is 7.48. The van der Waals surface area contributed by atoms with Crippen LogP contribution in [0.1, 0.15) is 65.2 Å². The lowest BCUT2D eigenvalue weighted by Gasteiger charge is -2.33. The number of carbonyl (C=O) groups excluding carboxylic acids is 1. The first-order valence-corrected chi connectivity index (χ1v) is 8.24. The topological polar surface area (TPSA) is 63.1 Å². The Hall–Kier alpha value is -1.37. The van der Waals surface area contributed by atoms with E-state index in [0.717, 1.165) is 18.7 Å². The van der Waals surface area contributed by atoms with Gasteiger partial charge in [-0.1, -0.05) is 0 Å². The lowest BCUT2D eigenvalue weighted by Crippen LogP contribution is -2.41. The van der Waals surface area contributed by atoms with Gasteiger partial charge in [0.25, 0.3) is 0 Å². The van der Waals surface area contributed by atoms with Crippen LogP contribution in [0, 0.1) is 4.77 Å². The summed E-state index contributed by atoms with van der Waals surface area (Å²) < 4.78 is 8.17. The number of rotatable bonds is 2. The molecule has 1 aliphatic rings. The zero-order valence-corrected chi connectivity index (χ0v) is 14.9. The minimum Gasteiger partial charge on any atom is -0.444 e. The van der Waals surface area contributed by atoms with Crippen LogP contribution in [0.3, 0.4) is 0 Å². The molecule has 22 heavy (non-hydrogen) atoms. The van der Waals surface area contributed by atoms with E-state index in [1.165, 1.54) is 0 Å². The Labute approximate surface area is 136 Å². The summed E-state index contributed by atoms with van der Waals surface area (Å²) >= 11 is 5.30. The maximum atomic E-state index is 12.1. The SMILES string of the molecule is CC(C)n1c(C2CCN(C(=O)OC(C)(C)C)CC2)n[nH]c1=S. The number of nitrogens with one attached hydrogen (secondary N) is 1. The molecule has 0 spiro atoms. The molecule has 0 atom stereocenters. The molecule has 2 rings (SSSR count). The fraction of sp³-hybridized carbons (Fsp3) is 0.800. The normalized spacial score (nSPS) is 17.1. The Balaban J connectivity index is 2.01. The Morgan fingerprint density at radius 3 is 2.45 bits per heavy atom. The monoisotopic (exact) mass is 326 g/mol. The van der Waals surface area contributed by atoms with Gasteiger partial charge < -0.3 is 14.2 Å². The summed E-state index contributed by atoms with van der Waals surface area (Å²) in [6, 6.07) is 0.283. The van der Waals surface area contributed by atoms with Crippen molar-refractivity contribution in [3.63, 3.8) is 0 Å². The van der Waals surface area contributed by atoms with Crippen molar-refractivity contribution in [2.24, 2.45) is 0 Å². The zero-order chi connectivity index (χ0) is 16.5. The molecule has 0 unspecified atom stereocenters. The van der Waals surface area contributed by atoms with E-state index >= 15 is 0 Å². The Kier molecular flexibility index (Phi) is 4.94. The Morgan fingerprint density at radius 1 is 1.36 bits per heavy atom. The second kappa shape index (κ2) is 6.40. The first-order chi connectivity index (χ1) is 10.2. The van der Waals surface area contributed by atoms with E-state index in [1.807, 2.05) is 20.8 Å². The van der Waals surface area contributed by atoms with Gasteiger partial charge in [0, 0.05) is 25.0 Å². The van der Waals surface area contributed by atoms with Gasteiger partial charge in [-0.15, -0.1) is 0 Å². The van der Waals surface area contributed by atoms with E-state index in [4.69, 9.17) is 17.0 Å². The third kappa shape index (κ3) is 3.88. The van der Waals surface area contributed by atoms with Crippen LogP contribution in [0.15, 0.2) is 0 Å². The van der Waals surface area contributed by atoms with Crippen LogP contribution in [-0.4, -0.2) is 44.4 Å². The van der Waals surface area contributed by atoms with Gasteiger partial charge in [-0.05, 0) is 59.7 Å². The van der Waals surface area contributed by atoms with E-state index in [1.54, 1.807) is 4.90 Å². The molecule has 1 aromatic rings. The van der Waals surface area contributed by atoms with Crippen molar-refractivity contribution in [1.82, 2.24) is 19.7 Å². The van der Waals surface area contributed by atoms with Gasteiger partial charge in [0.15, 0.2) is 4.77 Å². The lowest BCUT2D eigenvalue weighted by molar-refractivity contribution is 0.0202. The first kappa shape index (κ1) is 17.0. The molecule has 1 amide bonds. The molecular formula is C15H26N4O2S. The highest BCUT2D eigenvalue weighted by molar-refractivity contribution is 7.71. The van der Waals surface area contributed by atoms with Gasteiger partial charge in [-0.2, -0.15) is 5.10 Å². The number of carbonyl (C=O) groups is 1. The minimum absolute atomic E-state index is 0.228. The maximum absolute atomic E-state index is 12.1. The van der Waals surface area contributed by atoms with E-state index in [9.17, 15) is 4.79 Å². The Morgan fingerprint density at radius 2 is 1.95 bits per heavy atom. The number of hydrogen-bond donors (Lipinski definition) is 1. The van der Waals surface area contributed by atoms with Crippen LogP contribution in [0.4, 0.5) is 4.79 Å². The average molecular weight is 326 g/mol. The predicted octanol–water partition coefficient (Wildman–Crippen LogP) is 3.64. The van der Waals surface area contributed by atoms with Crippen molar-refractivity contribution in [3.05, 3.63) is 10.6 Å². The average Bonchev–Trinajstić information content (AvgIpc) is 2.79. The number of aromatic nitrogens is 3. The summed E-state index contributed by atoms with van der Waals surface area (Å²) in [5, 5.41) is 7.29. The van der Waals surface area contributed by atoms with Crippen molar-refractivity contribution in [3.8, 4) is 0 Å². The number of likely N-dealkylation sites (tertiary alicyclic amines) is 1. The van der Waals surface area contributed by atoms with Gasteiger partial charge in [0.1, 0.15) is 11.4 Å². The van der Waals surface area contributed by atoms with Crippen molar-refractivity contribution < 1.29 is 9.53 Å². The van der Waals surface area contributed by atoms with Crippen LogP contribution in [0.25, 0.3) is 0 Å². The summed E-state index contributed by atoms with van der Waals surface area (Å²) in [4.78, 5) is 13.9. The highest BCUT2D eigenvalue weighted by Gasteiger charge is 2.30. The minimum atomic E-state index is -0.450. The number of H-pyrrole nitrogens is 1. The molecule has 124 valence electrons. The quantitative estimate of drug-likeness (QED) is 0.843. The van der Waals surface area contributed by atoms with E-state index < -0.39 is 5.60 Å². The predicted molar refractivity (Wildman–Crippen MR) is 87.6 cm³/mol. The molecule has 0 bridgehead atoms. The lowest BCUT2D eigenvalue weighted by atomic mass is 9.96. The van der Waals surface area contributed by atoms with Crippen LogP contribution in [0.5, 0.6) is 0 Å². The van der Waals surface area contributed by atoms with Gasteiger partial charge in [-0.3, -0.25) is 5.10 Å². The number of aromatic amines is 1. The molecule has 1 N–H and O–H groups in total. The third-order valence-corrected chi connectivity index (χ3v) is 4.05. The molecule has 0 aliphatic carbocycles. The largest absolute Gasteiger partial charge is 0.444 e. The zero-order valence-electron chi connectivity index (χ0n) is 14.0. The molecule has 1 fully saturated rings. The molecule has 1 aliphatic heterocycles. The molecular weight excluding hydrogens is 300 g/mol. The highest BCUT2D eigenvalue weighted by Crippen LogP contribution is 2.29. The number of hydrogen-bond acceptors (Lipinski definition) is 4. The molecule has 1 saturated heterocycles. The van der Waals surface area contributed by atoms with Crippen LogP contribution in [-0.2, 0) is 4.74 Å². The molecule has 0 aromatic carbocycles. The Bertz CT molecular complexity index is 577. The number of ether oxygens (including phenoxy) is 1. The molecule has 6 nitrogen and oxygen atoms in total. The second-order valence-electron chi connectivity index (χ2n) is 7.09. The van der Waals surface area contributed by atoms with Gasteiger partial charge in [0.05, 0.1) is 0 Å². The van der Waals surface area contributed by atoms with E-state index in [2.05, 4.69) is 28.6 Å². The molecule has 7 heteroatoms. The highest BCUT2D eigenvalue weighted by atomic mass is 32.1. The van der Waals surface area contributed by atoms with Crippen LogP contribution in [0.2, 0.25) is 0 Å². The van der Waals surface area contributed by atoms with Crippen LogP contribution >= 0.6 is 12.2 Å². The summed E-state index contributed by atoms with van der Waals surface area (Å²) in [7, 11) is 0. The van der Waals surface area contributed by atoms with Gasteiger partial charge in [0.2, 0.25) is 0 Å². The fourth-order valence-corrected chi connectivity index (χ4v) is 3.10. The summed E-state index contributed by atoms with van der Waals surface area (Å²) in [5.41, 5.74) is -0.450. The smallest absolute Gasteiger partial charge is 0.410 e. The summed E-state index contributed by atoms with van der Waals surface area (Å²) in [6.45, 7) is 11.2. The summed E-state index contributed by atoms with van der Waals surface area (Å²) in [6.07, 6.45) is 1.53. The number of piperidine rings is 1. The van der Waals surface area contributed by atoms with Crippen molar-refractivity contribution in [1.29, 1.82) is 0 Å². The van der Waals surface area contributed by atoms with Crippen molar-refractivity contribution in [2.75, 3.05) is 13.1 Å². The van der Waals surface area contributed by atoms with Crippen molar-refractivity contribution >= 4 is 18.3 Å². The molecule has 0 radical (unpaired) electrons. The van der Waals surface area contributed by atoms with Crippen LogP contribution < -0.4 is 0 Å². The van der Waals surface area contributed by atoms with Gasteiger partial charge >= 0.3 is 6.09 Å². The van der Waals surface area contributed by atoms with E-state index in [0.29, 0.717) is 23.8 Å². The van der Waals surface area contributed by atoms with Gasteiger partial charge in [-0.25, -0.2) is 4.79 Å². The fourth-order valence-electron chi connectivity index (χ4n) is 2.75. The number of amides is 1. The van der Waals surface area contributed by atoms with E-state index in [-0.39, 0.29) is 12.1 Å². The maximum Gasteiger partial charge on any atom is 0.410 e. The first-order valence-electron chi connectivity index (χ1n) is 7.84. The summed E-state index contributed by atoms with van der Waals surface area (Å²) in [5.74, 6) is 1.33. The third-order valence-electron chi connectivity index (χ3n) is 3.76. The molecule has 1 aromatic heterocycles. The van der Waals surface area contributed by atoms with Crippen molar-refractivity contribution in [2.45, 2.75) is 65.0 Å². The molecule has 2 heterocycles.